The van der Waals surface area contributed by atoms with Crippen molar-refractivity contribution < 1.29 is 0 Å². The number of benzene rings is 7. The molecule has 1 heterocycles. The first kappa shape index (κ1) is 27.5. The van der Waals surface area contributed by atoms with Crippen molar-refractivity contribution in [3.63, 3.8) is 0 Å². The van der Waals surface area contributed by atoms with Crippen LogP contribution in [0.15, 0.2) is 165 Å². The first-order valence-corrected chi connectivity index (χ1v) is 15.6. The van der Waals surface area contributed by atoms with Gasteiger partial charge in [0.2, 0.25) is 0 Å². The standard InChI is InChI=1S/C45H31N/c1-3-30-18-12-23-36(34(30)4-2)44-38-21-10-11-22-39(38)45(37-24-13-19-31-15-8-9-20-35(31)37)41-29-33(27-28-40(41)44)43-26-14-25-42(46-43)32-16-6-5-7-17-32/h3-29H,1-2H2. The molecule has 0 saturated heterocycles. The molecule has 0 atom stereocenters. The van der Waals surface area contributed by atoms with Crippen LogP contribution in [-0.4, -0.2) is 4.98 Å². The molecular weight excluding hydrogens is 555 g/mol. The van der Waals surface area contributed by atoms with E-state index in [0.29, 0.717) is 0 Å². The molecular formula is C45H31N. The van der Waals surface area contributed by atoms with Crippen molar-refractivity contribution >= 4 is 44.5 Å². The van der Waals surface area contributed by atoms with Crippen LogP contribution in [0.4, 0.5) is 0 Å². The minimum Gasteiger partial charge on any atom is -0.248 e. The molecule has 0 spiro atoms. The quantitative estimate of drug-likeness (QED) is 0.177. The summed E-state index contributed by atoms with van der Waals surface area (Å²) in [5, 5.41) is 7.26. The number of pyridine rings is 1. The Morgan fingerprint density at radius 1 is 0.413 bits per heavy atom. The van der Waals surface area contributed by atoms with E-state index >= 15 is 0 Å². The Balaban J connectivity index is 1.51. The largest absolute Gasteiger partial charge is 0.248 e. The Bertz CT molecular complexity index is 2440. The zero-order valence-corrected chi connectivity index (χ0v) is 25.4. The molecule has 8 aromatic rings. The van der Waals surface area contributed by atoms with Crippen molar-refractivity contribution in [2.45, 2.75) is 0 Å². The molecule has 0 bridgehead atoms. The average Bonchev–Trinajstić information content (AvgIpc) is 3.13. The highest BCUT2D eigenvalue weighted by molar-refractivity contribution is 6.24. The van der Waals surface area contributed by atoms with Gasteiger partial charge >= 0.3 is 0 Å². The van der Waals surface area contributed by atoms with E-state index in [2.05, 4.69) is 159 Å². The van der Waals surface area contributed by atoms with E-state index in [1.807, 2.05) is 18.2 Å². The second-order valence-corrected chi connectivity index (χ2v) is 11.6. The van der Waals surface area contributed by atoms with Crippen LogP contribution in [0.3, 0.4) is 0 Å². The molecule has 7 aromatic carbocycles. The number of rotatable bonds is 6. The monoisotopic (exact) mass is 585 g/mol. The lowest BCUT2D eigenvalue weighted by Crippen LogP contribution is -1.95. The fourth-order valence-electron chi connectivity index (χ4n) is 6.93. The highest BCUT2D eigenvalue weighted by atomic mass is 14.7. The summed E-state index contributed by atoms with van der Waals surface area (Å²) < 4.78 is 0. The van der Waals surface area contributed by atoms with Gasteiger partial charge in [-0.05, 0) is 83.9 Å². The highest BCUT2D eigenvalue weighted by Crippen LogP contribution is 2.47. The van der Waals surface area contributed by atoms with Crippen LogP contribution in [0.5, 0.6) is 0 Å². The summed E-state index contributed by atoms with van der Waals surface area (Å²) in [7, 11) is 0. The van der Waals surface area contributed by atoms with E-state index in [1.165, 1.54) is 49.0 Å². The van der Waals surface area contributed by atoms with Crippen molar-refractivity contribution in [3.05, 3.63) is 176 Å². The van der Waals surface area contributed by atoms with E-state index in [-0.39, 0.29) is 0 Å². The van der Waals surface area contributed by atoms with Crippen molar-refractivity contribution in [1.29, 1.82) is 0 Å². The van der Waals surface area contributed by atoms with Crippen LogP contribution in [0.2, 0.25) is 0 Å². The van der Waals surface area contributed by atoms with Gasteiger partial charge in [0.25, 0.3) is 0 Å². The Hall–Kier alpha value is -6.05. The minimum absolute atomic E-state index is 0.947. The first-order valence-electron chi connectivity index (χ1n) is 15.6. The van der Waals surface area contributed by atoms with Crippen molar-refractivity contribution in [2.75, 3.05) is 0 Å². The summed E-state index contributed by atoms with van der Waals surface area (Å²) in [4.78, 5) is 5.14. The third-order valence-electron chi connectivity index (χ3n) is 9.03. The van der Waals surface area contributed by atoms with E-state index in [1.54, 1.807) is 0 Å². The molecule has 0 aliphatic carbocycles. The lowest BCUT2D eigenvalue weighted by molar-refractivity contribution is 1.33. The maximum absolute atomic E-state index is 5.14. The van der Waals surface area contributed by atoms with Gasteiger partial charge in [-0.2, -0.15) is 0 Å². The molecule has 46 heavy (non-hydrogen) atoms. The second kappa shape index (κ2) is 11.5. The SMILES string of the molecule is C=Cc1cccc(-c2c3ccccc3c(-c3cccc4ccccc34)c3cc(-c4cccc(-c5ccccc5)n4)ccc23)c1C=C. The minimum atomic E-state index is 0.947. The lowest BCUT2D eigenvalue weighted by Gasteiger charge is -2.21. The summed E-state index contributed by atoms with van der Waals surface area (Å²) >= 11 is 0. The number of fused-ring (bicyclic) bond motifs is 3. The van der Waals surface area contributed by atoms with E-state index in [0.717, 1.165) is 39.2 Å². The molecule has 0 aliphatic rings. The topological polar surface area (TPSA) is 12.9 Å². The third-order valence-corrected chi connectivity index (χ3v) is 9.03. The predicted molar refractivity (Wildman–Crippen MR) is 199 cm³/mol. The van der Waals surface area contributed by atoms with Crippen LogP contribution < -0.4 is 0 Å². The van der Waals surface area contributed by atoms with Crippen LogP contribution >= 0.6 is 0 Å². The lowest BCUT2D eigenvalue weighted by atomic mass is 9.82. The van der Waals surface area contributed by atoms with Gasteiger partial charge in [0, 0.05) is 11.1 Å². The van der Waals surface area contributed by atoms with Gasteiger partial charge in [-0.25, -0.2) is 4.98 Å². The Kier molecular flexibility index (Phi) is 6.85. The highest BCUT2D eigenvalue weighted by Gasteiger charge is 2.20. The molecule has 8 rings (SSSR count). The van der Waals surface area contributed by atoms with Gasteiger partial charge in [0.1, 0.15) is 0 Å². The number of aromatic nitrogens is 1. The van der Waals surface area contributed by atoms with Gasteiger partial charge < -0.3 is 0 Å². The summed E-state index contributed by atoms with van der Waals surface area (Å²) in [6.07, 6.45) is 3.87. The van der Waals surface area contributed by atoms with Crippen LogP contribution in [0, 0.1) is 0 Å². The molecule has 0 aliphatic heterocycles. The zero-order valence-electron chi connectivity index (χ0n) is 25.4. The van der Waals surface area contributed by atoms with Gasteiger partial charge in [0.15, 0.2) is 0 Å². The van der Waals surface area contributed by atoms with Crippen molar-refractivity contribution in [1.82, 2.24) is 4.98 Å². The maximum atomic E-state index is 5.14. The Morgan fingerprint density at radius 3 is 1.76 bits per heavy atom. The smallest absolute Gasteiger partial charge is 0.0709 e. The Morgan fingerprint density at radius 2 is 1.00 bits per heavy atom. The normalized spacial score (nSPS) is 11.2. The number of nitrogens with zero attached hydrogens (tertiary/aromatic N) is 1. The zero-order chi connectivity index (χ0) is 31.0. The van der Waals surface area contributed by atoms with E-state index in [9.17, 15) is 0 Å². The fourth-order valence-corrected chi connectivity index (χ4v) is 6.93. The average molecular weight is 586 g/mol. The first-order chi connectivity index (χ1) is 22.7. The van der Waals surface area contributed by atoms with Gasteiger partial charge in [-0.15, -0.1) is 0 Å². The molecule has 0 saturated carbocycles. The van der Waals surface area contributed by atoms with E-state index < -0.39 is 0 Å². The van der Waals surface area contributed by atoms with Crippen LogP contribution in [-0.2, 0) is 0 Å². The van der Waals surface area contributed by atoms with Crippen molar-refractivity contribution in [3.8, 4) is 44.8 Å². The summed E-state index contributed by atoms with van der Waals surface area (Å²) in [5.41, 5.74) is 11.0. The second-order valence-electron chi connectivity index (χ2n) is 11.6. The number of hydrogen-bond donors (Lipinski definition) is 0. The third kappa shape index (κ3) is 4.53. The summed E-state index contributed by atoms with van der Waals surface area (Å²) in [6, 6.07) is 54.0. The Labute approximate surface area is 269 Å². The van der Waals surface area contributed by atoms with Gasteiger partial charge in [-0.3, -0.25) is 0 Å². The molecule has 0 N–H and O–H groups in total. The van der Waals surface area contributed by atoms with E-state index in [4.69, 9.17) is 4.98 Å². The fraction of sp³-hybridized carbons (Fsp3) is 0. The number of hydrogen-bond acceptors (Lipinski definition) is 1. The molecule has 216 valence electrons. The maximum Gasteiger partial charge on any atom is 0.0709 e. The summed E-state index contributed by atoms with van der Waals surface area (Å²) in [6.45, 7) is 8.32. The molecule has 0 unspecified atom stereocenters. The summed E-state index contributed by atoms with van der Waals surface area (Å²) in [5.74, 6) is 0. The molecule has 1 aromatic heterocycles. The van der Waals surface area contributed by atoms with Gasteiger partial charge in [-0.1, -0.05) is 159 Å². The predicted octanol–water partition coefficient (Wildman–Crippen LogP) is 12.5. The molecule has 0 fully saturated rings. The molecule has 0 radical (unpaired) electrons. The van der Waals surface area contributed by atoms with Crippen LogP contribution in [0.25, 0.3) is 89.2 Å². The molecule has 1 nitrogen and oxygen atoms in total. The molecule has 1 heteroatoms. The van der Waals surface area contributed by atoms with Crippen molar-refractivity contribution in [2.24, 2.45) is 0 Å². The van der Waals surface area contributed by atoms with Gasteiger partial charge in [0.05, 0.1) is 11.4 Å². The van der Waals surface area contributed by atoms with Crippen LogP contribution in [0.1, 0.15) is 11.1 Å². The molecule has 0 amide bonds.